The van der Waals surface area contributed by atoms with E-state index in [1.807, 2.05) is 84.0 Å². The highest BCUT2D eigenvalue weighted by atomic mass is 32.2. The van der Waals surface area contributed by atoms with Gasteiger partial charge in [-0.3, -0.25) is 14.9 Å². The SMILES string of the molecule is CC.CC.CC.O=C1CCOc2ccccc21.O=C1Cc2ccccc2S1(=O)=O.O=C1Nc2ccccc2CO1. The number of ether oxygens (including phenoxy) is 2. The number of benzene rings is 3. The van der Waals surface area contributed by atoms with E-state index in [1.165, 1.54) is 6.07 Å². The van der Waals surface area contributed by atoms with Crippen LogP contribution in [-0.4, -0.2) is 32.0 Å². The van der Waals surface area contributed by atoms with Crippen LogP contribution in [-0.2, 0) is 32.4 Å². The molecule has 0 bridgehead atoms. The fourth-order valence-electron chi connectivity index (χ4n) is 3.55. The van der Waals surface area contributed by atoms with Crippen LogP contribution in [0.25, 0.3) is 0 Å². The van der Waals surface area contributed by atoms with Crippen LogP contribution >= 0.6 is 0 Å². The number of nitrogens with one attached hydrogen (secondary N) is 1. The van der Waals surface area contributed by atoms with Crippen molar-refractivity contribution < 1.29 is 32.3 Å². The molecule has 0 atom stereocenters. The molecule has 3 aliphatic rings. The average Bonchev–Trinajstić information content (AvgIpc) is 3.24. The number of Topliss-reactive ketones (excluding diaryl/α,β-unsaturated/α-hetero) is 1. The van der Waals surface area contributed by atoms with Gasteiger partial charge in [-0.1, -0.05) is 90.1 Å². The van der Waals surface area contributed by atoms with Crippen molar-refractivity contribution in [2.24, 2.45) is 0 Å². The largest absolute Gasteiger partial charge is 0.492 e. The minimum Gasteiger partial charge on any atom is -0.492 e. The minimum atomic E-state index is -3.62. The van der Waals surface area contributed by atoms with E-state index in [1.54, 1.807) is 24.3 Å². The van der Waals surface area contributed by atoms with Gasteiger partial charge in [-0.05, 0) is 29.8 Å². The van der Waals surface area contributed by atoms with Crippen molar-refractivity contribution >= 4 is 32.5 Å². The standard InChI is InChI=1S/C9H8O2.C8H7NO2.C8H6O3S.3C2H6/c10-8-5-6-11-9-4-2-1-3-7(8)9;10-8-9-7-4-2-1-3-6(7)5-11-8;9-8-5-6-3-1-2-4-7(6)12(8,10)11;3*1-2/h1-4H,5-6H2;1-4H,5H2,(H,9,10);1-4H,5H2;3*1-2H3. The lowest BCUT2D eigenvalue weighted by Crippen LogP contribution is -2.19. The van der Waals surface area contributed by atoms with Crippen LogP contribution in [0.5, 0.6) is 5.75 Å². The zero-order valence-electron chi connectivity index (χ0n) is 24.0. The first-order valence-electron chi connectivity index (χ1n) is 13.5. The molecule has 3 aromatic rings. The predicted octanol–water partition coefficient (Wildman–Crippen LogP) is 7.02. The molecule has 3 heterocycles. The number of carbonyl (C=O) groups is 3. The molecule has 0 saturated heterocycles. The second kappa shape index (κ2) is 17.6. The molecule has 3 aromatic carbocycles. The van der Waals surface area contributed by atoms with E-state index in [0.717, 1.165) is 22.6 Å². The summed E-state index contributed by atoms with van der Waals surface area (Å²) in [6.07, 6.45) is 0.166. The molecule has 0 fully saturated rings. The highest BCUT2D eigenvalue weighted by Crippen LogP contribution is 2.26. The Labute approximate surface area is 237 Å². The van der Waals surface area contributed by atoms with Gasteiger partial charge in [0.25, 0.3) is 5.12 Å². The van der Waals surface area contributed by atoms with E-state index in [-0.39, 0.29) is 23.2 Å². The topological polar surface area (TPSA) is 116 Å². The van der Waals surface area contributed by atoms with E-state index < -0.39 is 15.0 Å². The molecule has 0 unspecified atom stereocenters. The van der Waals surface area contributed by atoms with Gasteiger partial charge in [0.2, 0.25) is 9.84 Å². The van der Waals surface area contributed by atoms with Gasteiger partial charge in [0.05, 0.1) is 22.8 Å². The van der Waals surface area contributed by atoms with Crippen molar-refractivity contribution in [1.82, 2.24) is 0 Å². The van der Waals surface area contributed by atoms with Crippen molar-refractivity contribution in [3.05, 3.63) is 89.5 Å². The second-order valence-corrected chi connectivity index (χ2v) is 9.44. The van der Waals surface area contributed by atoms with Gasteiger partial charge in [0.1, 0.15) is 12.4 Å². The molecule has 9 heteroatoms. The molecule has 0 aromatic heterocycles. The lowest BCUT2D eigenvalue weighted by Gasteiger charge is -2.16. The van der Waals surface area contributed by atoms with E-state index in [9.17, 15) is 22.8 Å². The molecule has 0 radical (unpaired) electrons. The van der Waals surface area contributed by atoms with Gasteiger partial charge in [0.15, 0.2) is 5.78 Å². The van der Waals surface area contributed by atoms with Crippen molar-refractivity contribution in [2.45, 2.75) is 65.9 Å². The molecule has 1 N–H and O–H groups in total. The Morgan fingerprint density at radius 3 is 1.93 bits per heavy atom. The van der Waals surface area contributed by atoms with Gasteiger partial charge >= 0.3 is 6.09 Å². The quantitative estimate of drug-likeness (QED) is 0.309. The zero-order chi connectivity index (χ0) is 30.1. The van der Waals surface area contributed by atoms with Gasteiger partial charge in [-0.25, -0.2) is 13.2 Å². The molecule has 40 heavy (non-hydrogen) atoms. The van der Waals surface area contributed by atoms with E-state index >= 15 is 0 Å². The fraction of sp³-hybridized carbons (Fsp3) is 0.323. The normalized spacial score (nSPS) is 14.5. The number of carbonyl (C=O) groups excluding carboxylic acids is 3. The van der Waals surface area contributed by atoms with Crippen molar-refractivity contribution in [3.8, 4) is 5.75 Å². The highest BCUT2D eigenvalue weighted by Gasteiger charge is 2.34. The number of cyclic esters (lactones) is 1. The Bertz CT molecular complexity index is 1370. The third-order valence-electron chi connectivity index (χ3n) is 5.28. The van der Waals surface area contributed by atoms with Crippen LogP contribution in [0, 0.1) is 0 Å². The first kappa shape index (κ1) is 34.0. The number of anilines is 1. The number of hydrogen-bond donors (Lipinski definition) is 1. The summed E-state index contributed by atoms with van der Waals surface area (Å²) in [6.45, 7) is 12.9. The number of rotatable bonds is 0. The molecule has 3 aliphatic heterocycles. The number of para-hydroxylation sites is 2. The van der Waals surface area contributed by atoms with Crippen LogP contribution in [0.1, 0.15) is 69.4 Å². The fourth-order valence-corrected chi connectivity index (χ4v) is 4.89. The molecule has 216 valence electrons. The van der Waals surface area contributed by atoms with Crippen LogP contribution in [0.2, 0.25) is 0 Å². The third-order valence-corrected chi connectivity index (χ3v) is 7.00. The molecular formula is C31H39NO7S. The van der Waals surface area contributed by atoms with Crippen LogP contribution in [0.15, 0.2) is 77.7 Å². The van der Waals surface area contributed by atoms with E-state index in [2.05, 4.69) is 5.32 Å². The minimum absolute atomic E-state index is 0.0263. The average molecular weight is 570 g/mol. The van der Waals surface area contributed by atoms with Gasteiger partial charge in [-0.15, -0.1) is 0 Å². The Hall–Kier alpha value is -3.98. The summed E-state index contributed by atoms with van der Waals surface area (Å²) in [7, 11) is -3.62. The maximum absolute atomic E-state index is 11.2. The molecule has 8 nitrogen and oxygen atoms in total. The molecular weight excluding hydrogens is 530 g/mol. The Kier molecular flexibility index (Phi) is 15.0. The number of sulfone groups is 1. The van der Waals surface area contributed by atoms with E-state index in [4.69, 9.17) is 9.47 Å². The lowest BCUT2D eigenvalue weighted by atomic mass is 10.1. The molecule has 1 amide bonds. The number of hydrogen-bond acceptors (Lipinski definition) is 7. The van der Waals surface area contributed by atoms with Crippen LogP contribution in [0.3, 0.4) is 0 Å². The van der Waals surface area contributed by atoms with Gasteiger partial charge in [0, 0.05) is 18.4 Å². The Morgan fingerprint density at radius 2 is 1.27 bits per heavy atom. The molecule has 0 saturated carbocycles. The summed E-state index contributed by atoms with van der Waals surface area (Å²) in [5.41, 5.74) is 3.21. The van der Waals surface area contributed by atoms with Gasteiger partial charge < -0.3 is 9.47 Å². The van der Waals surface area contributed by atoms with E-state index in [0.29, 0.717) is 25.2 Å². The van der Waals surface area contributed by atoms with Crippen molar-refractivity contribution in [3.63, 3.8) is 0 Å². The highest BCUT2D eigenvalue weighted by molar-refractivity contribution is 8.06. The predicted molar refractivity (Wildman–Crippen MR) is 158 cm³/mol. The third kappa shape index (κ3) is 9.05. The van der Waals surface area contributed by atoms with Crippen LogP contribution in [0.4, 0.5) is 10.5 Å². The lowest BCUT2D eigenvalue weighted by molar-refractivity contribution is -0.110. The molecule has 0 aliphatic carbocycles. The number of amides is 1. The Balaban J connectivity index is 0.000000274. The first-order valence-corrected chi connectivity index (χ1v) is 15.0. The summed E-state index contributed by atoms with van der Waals surface area (Å²) < 4.78 is 32.5. The zero-order valence-corrected chi connectivity index (χ0v) is 24.8. The summed E-state index contributed by atoms with van der Waals surface area (Å²) in [5, 5.41) is 1.91. The molecule has 6 rings (SSSR count). The maximum Gasteiger partial charge on any atom is 0.411 e. The van der Waals surface area contributed by atoms with Gasteiger partial charge in [-0.2, -0.15) is 0 Å². The monoisotopic (exact) mass is 569 g/mol. The summed E-state index contributed by atoms with van der Waals surface area (Å²) in [5.74, 6) is 0.913. The summed E-state index contributed by atoms with van der Waals surface area (Å²) in [4.78, 5) is 33.0. The number of fused-ring (bicyclic) bond motifs is 3. The Morgan fingerprint density at radius 1 is 0.700 bits per heavy atom. The summed E-state index contributed by atoms with van der Waals surface area (Å²) >= 11 is 0. The smallest absolute Gasteiger partial charge is 0.411 e. The van der Waals surface area contributed by atoms with Crippen molar-refractivity contribution in [2.75, 3.05) is 11.9 Å². The maximum atomic E-state index is 11.2. The molecule has 0 spiro atoms. The van der Waals surface area contributed by atoms with Crippen molar-refractivity contribution in [1.29, 1.82) is 0 Å². The first-order chi connectivity index (χ1) is 19.4. The second-order valence-electron chi connectivity index (χ2n) is 7.54. The summed E-state index contributed by atoms with van der Waals surface area (Å²) in [6, 6.07) is 21.4. The number of ketones is 1. The van der Waals surface area contributed by atoms with Crippen LogP contribution < -0.4 is 10.1 Å².